The van der Waals surface area contributed by atoms with Gasteiger partial charge in [0.05, 0.1) is 12.9 Å². The van der Waals surface area contributed by atoms with Gasteiger partial charge in [0.1, 0.15) is 11.5 Å². The van der Waals surface area contributed by atoms with Crippen molar-refractivity contribution in [3.63, 3.8) is 0 Å². The largest absolute Gasteiger partial charge is 0.508 e. The van der Waals surface area contributed by atoms with Gasteiger partial charge in [0.15, 0.2) is 16.9 Å². The summed E-state index contributed by atoms with van der Waals surface area (Å²) in [6, 6.07) is 13.4. The van der Waals surface area contributed by atoms with Gasteiger partial charge in [0.25, 0.3) is 5.56 Å². The molecule has 176 valence electrons. The highest BCUT2D eigenvalue weighted by Gasteiger charge is 2.18. The Labute approximate surface area is 194 Å². The second kappa shape index (κ2) is 9.36. The van der Waals surface area contributed by atoms with Crippen molar-refractivity contribution in [2.75, 3.05) is 13.1 Å². The average molecular weight is 463 g/mol. The molecule has 0 spiro atoms. The van der Waals surface area contributed by atoms with Gasteiger partial charge in [-0.3, -0.25) is 23.6 Å². The summed E-state index contributed by atoms with van der Waals surface area (Å²) in [5, 5.41) is 19.5. The van der Waals surface area contributed by atoms with Crippen molar-refractivity contribution < 1.29 is 15.0 Å². The molecule has 2 N–H and O–H groups in total. The number of aromatic nitrogens is 4. The number of hydrogen-bond acceptors (Lipinski definition) is 7. The SMILES string of the molecule is Cn1c(=O)c2c(ncn2CCN(CC(=O)c2cc(O)cc(O)c2)Cc2ccccc2)n(C)c1=O. The molecule has 0 fully saturated rings. The standard InChI is InChI=1S/C24H25N5O5/c1-26-22-21(23(33)27(2)24(26)34)29(15-25-22)9-8-28(13-16-6-4-3-5-7-16)14-20(32)17-10-18(30)12-19(31)11-17/h3-7,10-12,15,30-31H,8-9,13-14H2,1-2H3. The van der Waals surface area contributed by atoms with Crippen LogP contribution in [0.15, 0.2) is 64.4 Å². The van der Waals surface area contributed by atoms with Crippen LogP contribution in [0, 0.1) is 0 Å². The summed E-state index contributed by atoms with van der Waals surface area (Å²) >= 11 is 0. The van der Waals surface area contributed by atoms with Gasteiger partial charge in [-0.25, -0.2) is 9.78 Å². The molecule has 0 atom stereocenters. The maximum absolute atomic E-state index is 12.9. The lowest BCUT2D eigenvalue weighted by atomic mass is 10.1. The normalized spacial score (nSPS) is 11.4. The molecule has 10 heteroatoms. The molecule has 2 aromatic carbocycles. The Kier molecular flexibility index (Phi) is 6.33. The van der Waals surface area contributed by atoms with E-state index in [-0.39, 0.29) is 29.4 Å². The summed E-state index contributed by atoms with van der Waals surface area (Å²) in [6.45, 7) is 1.26. The van der Waals surface area contributed by atoms with Gasteiger partial charge in [-0.05, 0) is 17.7 Å². The number of phenols is 2. The summed E-state index contributed by atoms with van der Waals surface area (Å²) in [5.41, 5.74) is 0.933. The quantitative estimate of drug-likeness (QED) is 0.377. The van der Waals surface area contributed by atoms with E-state index >= 15 is 0 Å². The molecular weight excluding hydrogens is 438 g/mol. The van der Waals surface area contributed by atoms with Crippen LogP contribution in [0.4, 0.5) is 0 Å². The Bertz CT molecular complexity index is 1450. The van der Waals surface area contributed by atoms with Crippen LogP contribution in [0.25, 0.3) is 11.2 Å². The molecule has 4 aromatic rings. The van der Waals surface area contributed by atoms with E-state index in [1.54, 1.807) is 11.6 Å². The molecule has 0 amide bonds. The summed E-state index contributed by atoms with van der Waals surface area (Å²) in [7, 11) is 2.99. The van der Waals surface area contributed by atoms with Crippen molar-refractivity contribution in [2.24, 2.45) is 14.1 Å². The fourth-order valence-corrected chi connectivity index (χ4v) is 3.92. The Morgan fingerprint density at radius 1 is 1.00 bits per heavy atom. The molecule has 0 saturated heterocycles. The minimum atomic E-state index is -0.451. The van der Waals surface area contributed by atoms with E-state index in [0.29, 0.717) is 30.8 Å². The molecule has 10 nitrogen and oxygen atoms in total. The zero-order chi connectivity index (χ0) is 24.4. The maximum Gasteiger partial charge on any atom is 0.332 e. The van der Waals surface area contributed by atoms with Crippen LogP contribution in [0.2, 0.25) is 0 Å². The molecule has 0 aliphatic heterocycles. The van der Waals surface area contributed by atoms with Crippen molar-refractivity contribution in [1.29, 1.82) is 0 Å². The zero-order valence-electron chi connectivity index (χ0n) is 18.9. The lowest BCUT2D eigenvalue weighted by Crippen LogP contribution is -2.38. The molecule has 34 heavy (non-hydrogen) atoms. The molecule has 2 heterocycles. The van der Waals surface area contributed by atoms with E-state index in [0.717, 1.165) is 16.2 Å². The summed E-state index contributed by atoms with van der Waals surface area (Å²) in [4.78, 5) is 44.0. The molecule has 0 bridgehead atoms. The van der Waals surface area contributed by atoms with E-state index in [1.165, 1.54) is 30.1 Å². The highest BCUT2D eigenvalue weighted by atomic mass is 16.3. The molecule has 0 aliphatic rings. The number of hydrogen-bond donors (Lipinski definition) is 2. The number of aryl methyl sites for hydroxylation is 1. The van der Waals surface area contributed by atoms with Gasteiger partial charge in [0, 0.05) is 45.4 Å². The van der Waals surface area contributed by atoms with E-state index in [9.17, 15) is 24.6 Å². The minimum absolute atomic E-state index is 0.0287. The summed E-state index contributed by atoms with van der Waals surface area (Å²) in [5.74, 6) is -0.649. The van der Waals surface area contributed by atoms with Crippen LogP contribution in [0.3, 0.4) is 0 Å². The number of nitrogens with zero attached hydrogens (tertiary/aromatic N) is 5. The number of carbonyl (C=O) groups excluding carboxylic acids is 1. The Hall–Kier alpha value is -4.18. The molecule has 0 aliphatic carbocycles. The maximum atomic E-state index is 12.9. The van der Waals surface area contributed by atoms with Gasteiger partial charge in [-0.1, -0.05) is 30.3 Å². The number of benzene rings is 2. The van der Waals surface area contributed by atoms with Gasteiger partial charge < -0.3 is 14.8 Å². The summed E-state index contributed by atoms with van der Waals surface area (Å²) in [6.07, 6.45) is 1.52. The second-order valence-electron chi connectivity index (χ2n) is 8.17. The molecule has 0 saturated carbocycles. The first-order valence-corrected chi connectivity index (χ1v) is 10.7. The van der Waals surface area contributed by atoms with Crippen LogP contribution in [0.5, 0.6) is 11.5 Å². The van der Waals surface area contributed by atoms with Gasteiger partial charge >= 0.3 is 5.69 Å². The van der Waals surface area contributed by atoms with E-state index in [4.69, 9.17) is 0 Å². The fourth-order valence-electron chi connectivity index (χ4n) is 3.92. The second-order valence-corrected chi connectivity index (χ2v) is 8.17. The van der Waals surface area contributed by atoms with E-state index < -0.39 is 11.2 Å². The fraction of sp³-hybridized carbons (Fsp3) is 0.250. The lowest BCUT2D eigenvalue weighted by Gasteiger charge is -2.22. The lowest BCUT2D eigenvalue weighted by molar-refractivity contribution is 0.0922. The molecule has 0 radical (unpaired) electrons. The van der Waals surface area contributed by atoms with Crippen LogP contribution in [-0.2, 0) is 27.2 Å². The van der Waals surface area contributed by atoms with Crippen LogP contribution < -0.4 is 11.2 Å². The first-order valence-electron chi connectivity index (χ1n) is 10.7. The topological polar surface area (TPSA) is 123 Å². The third kappa shape index (κ3) is 4.62. The Morgan fingerprint density at radius 3 is 2.35 bits per heavy atom. The van der Waals surface area contributed by atoms with Crippen LogP contribution in [0.1, 0.15) is 15.9 Å². The van der Waals surface area contributed by atoms with E-state index in [1.807, 2.05) is 35.2 Å². The third-order valence-corrected chi connectivity index (χ3v) is 5.72. The summed E-state index contributed by atoms with van der Waals surface area (Å²) < 4.78 is 4.05. The zero-order valence-corrected chi connectivity index (χ0v) is 18.9. The molecule has 0 unspecified atom stereocenters. The van der Waals surface area contributed by atoms with Crippen molar-refractivity contribution in [3.8, 4) is 11.5 Å². The number of ketones is 1. The van der Waals surface area contributed by atoms with Crippen molar-refractivity contribution in [1.82, 2.24) is 23.6 Å². The number of aromatic hydroxyl groups is 2. The van der Waals surface area contributed by atoms with Crippen molar-refractivity contribution in [3.05, 3.63) is 86.8 Å². The number of carbonyl (C=O) groups is 1. The number of imidazole rings is 1. The number of phenolic OH excluding ortho intramolecular Hbond substituents is 2. The average Bonchev–Trinajstić information content (AvgIpc) is 3.24. The van der Waals surface area contributed by atoms with Crippen LogP contribution >= 0.6 is 0 Å². The van der Waals surface area contributed by atoms with Crippen molar-refractivity contribution in [2.45, 2.75) is 13.1 Å². The predicted octanol–water partition coefficient (Wildman–Crippen LogP) is 1.23. The molecular formula is C24H25N5O5. The first kappa shape index (κ1) is 23.0. The monoisotopic (exact) mass is 463 g/mol. The number of Topliss-reactive ketones (excluding diaryl/α,β-unsaturated/α-hetero) is 1. The van der Waals surface area contributed by atoms with Gasteiger partial charge in [-0.2, -0.15) is 0 Å². The Balaban J connectivity index is 1.61. The minimum Gasteiger partial charge on any atom is -0.508 e. The third-order valence-electron chi connectivity index (χ3n) is 5.72. The van der Waals surface area contributed by atoms with Gasteiger partial charge in [-0.15, -0.1) is 0 Å². The highest BCUT2D eigenvalue weighted by Crippen LogP contribution is 2.21. The smallest absolute Gasteiger partial charge is 0.332 e. The number of rotatable bonds is 8. The van der Waals surface area contributed by atoms with Crippen molar-refractivity contribution >= 4 is 16.9 Å². The predicted molar refractivity (Wildman–Crippen MR) is 126 cm³/mol. The number of fused-ring (bicyclic) bond motifs is 1. The molecule has 2 aromatic heterocycles. The van der Waals surface area contributed by atoms with E-state index in [2.05, 4.69) is 4.98 Å². The highest BCUT2D eigenvalue weighted by molar-refractivity contribution is 5.98. The first-order chi connectivity index (χ1) is 16.2. The Morgan fingerprint density at radius 2 is 1.68 bits per heavy atom. The molecule has 4 rings (SSSR count). The van der Waals surface area contributed by atoms with Gasteiger partial charge in [0.2, 0.25) is 0 Å². The van der Waals surface area contributed by atoms with Crippen LogP contribution in [-0.4, -0.2) is 52.7 Å².